The minimum absolute atomic E-state index is 0. The van der Waals surface area contributed by atoms with Gasteiger partial charge in [-0.3, -0.25) is 0 Å². The first-order valence-electron chi connectivity index (χ1n) is 4.70. The van der Waals surface area contributed by atoms with Crippen LogP contribution in [0.3, 0.4) is 0 Å². The summed E-state index contributed by atoms with van der Waals surface area (Å²) in [5.74, 6) is 0. The Morgan fingerprint density at radius 2 is 2.40 bits per heavy atom. The van der Waals surface area contributed by atoms with E-state index in [9.17, 15) is 0 Å². The first kappa shape index (κ1) is 12.5. The van der Waals surface area contributed by atoms with Gasteiger partial charge in [0.2, 0.25) is 0 Å². The van der Waals surface area contributed by atoms with E-state index in [-0.39, 0.29) is 18.5 Å². The molecule has 1 aromatic heterocycles. The molecule has 1 aliphatic rings. The molecule has 0 aliphatic carbocycles. The zero-order valence-electron chi connectivity index (χ0n) is 8.15. The second kappa shape index (κ2) is 6.10. The predicted octanol–water partition coefficient (Wildman–Crippen LogP) is 1.68. The van der Waals surface area contributed by atoms with Crippen molar-refractivity contribution in [3.8, 4) is 6.01 Å². The van der Waals surface area contributed by atoms with Crippen LogP contribution in [0.15, 0.2) is 12.3 Å². The number of aromatic nitrogens is 2. The fourth-order valence-electron chi connectivity index (χ4n) is 1.45. The fraction of sp³-hybridized carbons (Fsp3) is 0.556. The van der Waals surface area contributed by atoms with Crippen LogP contribution < -0.4 is 10.1 Å². The van der Waals surface area contributed by atoms with Crippen molar-refractivity contribution in [1.82, 2.24) is 15.3 Å². The van der Waals surface area contributed by atoms with Gasteiger partial charge in [0.15, 0.2) is 0 Å². The molecular weight excluding hydrogens is 237 g/mol. The lowest BCUT2D eigenvalue weighted by molar-refractivity contribution is 0.153. The maximum atomic E-state index is 5.72. The molecule has 0 bridgehead atoms. The lowest BCUT2D eigenvalue weighted by atomic mass is 10.1. The van der Waals surface area contributed by atoms with E-state index < -0.39 is 0 Å². The smallest absolute Gasteiger partial charge is 0.318 e. The van der Waals surface area contributed by atoms with Gasteiger partial charge in [-0.15, -0.1) is 12.4 Å². The number of hydrogen-bond donors (Lipinski definition) is 1. The fourth-order valence-corrected chi connectivity index (χ4v) is 1.57. The summed E-state index contributed by atoms with van der Waals surface area (Å²) >= 11 is 5.72. The molecule has 1 fully saturated rings. The van der Waals surface area contributed by atoms with Gasteiger partial charge in [-0.05, 0) is 25.5 Å². The summed E-state index contributed by atoms with van der Waals surface area (Å²) in [4.78, 5) is 7.96. The van der Waals surface area contributed by atoms with Crippen LogP contribution in [0.5, 0.6) is 6.01 Å². The highest BCUT2D eigenvalue weighted by atomic mass is 35.5. The Kier molecular flexibility index (Phi) is 5.08. The number of piperidine rings is 1. The summed E-state index contributed by atoms with van der Waals surface area (Å²) < 4.78 is 5.57. The van der Waals surface area contributed by atoms with Gasteiger partial charge in [-0.1, -0.05) is 11.6 Å². The van der Waals surface area contributed by atoms with Crippen molar-refractivity contribution in [2.75, 3.05) is 13.1 Å². The number of ether oxygens (including phenoxy) is 1. The van der Waals surface area contributed by atoms with Crippen molar-refractivity contribution >= 4 is 24.0 Å². The molecule has 2 rings (SSSR count). The van der Waals surface area contributed by atoms with Crippen molar-refractivity contribution < 1.29 is 4.74 Å². The summed E-state index contributed by atoms with van der Waals surface area (Å²) in [7, 11) is 0. The van der Waals surface area contributed by atoms with E-state index in [1.165, 1.54) is 0 Å². The van der Waals surface area contributed by atoms with Gasteiger partial charge >= 0.3 is 6.01 Å². The number of rotatable bonds is 2. The second-order valence-corrected chi connectivity index (χ2v) is 3.64. The number of nitrogens with zero attached hydrogens (tertiary/aromatic N) is 2. The molecule has 1 saturated heterocycles. The summed E-state index contributed by atoms with van der Waals surface area (Å²) in [5.41, 5.74) is 0. The molecule has 2 heterocycles. The predicted molar refractivity (Wildman–Crippen MR) is 60.8 cm³/mol. The number of hydrogen-bond acceptors (Lipinski definition) is 4. The largest absolute Gasteiger partial charge is 0.459 e. The monoisotopic (exact) mass is 249 g/mol. The Balaban J connectivity index is 0.00000112. The molecule has 1 unspecified atom stereocenters. The summed E-state index contributed by atoms with van der Waals surface area (Å²) in [6.07, 6.45) is 3.94. The summed E-state index contributed by atoms with van der Waals surface area (Å²) in [6, 6.07) is 2.00. The molecule has 1 atom stereocenters. The third kappa shape index (κ3) is 3.81. The standard InChI is InChI=1S/C9H12ClN3O.ClH/c10-8-3-5-12-9(13-8)14-7-2-1-4-11-6-7;/h3,5,7,11H,1-2,4,6H2;1H. The molecule has 1 N–H and O–H groups in total. The Morgan fingerprint density at radius 3 is 3.07 bits per heavy atom. The average Bonchev–Trinajstić information content (AvgIpc) is 2.19. The molecule has 0 saturated carbocycles. The van der Waals surface area contributed by atoms with Crippen molar-refractivity contribution in [3.05, 3.63) is 17.4 Å². The first-order valence-corrected chi connectivity index (χ1v) is 5.08. The lowest BCUT2D eigenvalue weighted by Crippen LogP contribution is -2.37. The maximum Gasteiger partial charge on any atom is 0.318 e. The van der Waals surface area contributed by atoms with Gasteiger partial charge in [-0.25, -0.2) is 4.98 Å². The molecule has 15 heavy (non-hydrogen) atoms. The Hall–Kier alpha value is -0.580. The average molecular weight is 250 g/mol. The SMILES string of the molecule is Cl.Clc1ccnc(OC2CCCNC2)n1. The van der Waals surface area contributed by atoms with Crippen molar-refractivity contribution in [2.24, 2.45) is 0 Å². The van der Waals surface area contributed by atoms with Gasteiger partial charge < -0.3 is 10.1 Å². The van der Waals surface area contributed by atoms with Crippen LogP contribution in [0.1, 0.15) is 12.8 Å². The van der Waals surface area contributed by atoms with Crippen molar-refractivity contribution in [2.45, 2.75) is 18.9 Å². The van der Waals surface area contributed by atoms with Gasteiger partial charge in [-0.2, -0.15) is 4.98 Å². The maximum absolute atomic E-state index is 5.72. The first-order chi connectivity index (χ1) is 6.84. The van der Waals surface area contributed by atoms with Crippen LogP contribution in [0.25, 0.3) is 0 Å². The zero-order valence-corrected chi connectivity index (χ0v) is 9.72. The quantitative estimate of drug-likeness (QED) is 0.811. The normalized spacial score (nSPS) is 20.5. The van der Waals surface area contributed by atoms with Crippen LogP contribution in [-0.4, -0.2) is 29.2 Å². The van der Waals surface area contributed by atoms with Gasteiger partial charge in [0, 0.05) is 12.7 Å². The van der Waals surface area contributed by atoms with Gasteiger partial charge in [0.25, 0.3) is 0 Å². The van der Waals surface area contributed by atoms with E-state index in [1.54, 1.807) is 12.3 Å². The second-order valence-electron chi connectivity index (χ2n) is 3.25. The molecule has 0 amide bonds. The van der Waals surface area contributed by atoms with E-state index in [0.29, 0.717) is 11.2 Å². The molecule has 0 spiro atoms. The Bertz CT molecular complexity index is 305. The Labute approximate surface area is 99.8 Å². The van der Waals surface area contributed by atoms with E-state index >= 15 is 0 Å². The number of halogens is 2. The van der Waals surface area contributed by atoms with Crippen LogP contribution in [0.2, 0.25) is 5.15 Å². The van der Waals surface area contributed by atoms with Crippen LogP contribution in [0.4, 0.5) is 0 Å². The molecule has 6 heteroatoms. The molecule has 0 aromatic carbocycles. The van der Waals surface area contributed by atoms with E-state index in [1.807, 2.05) is 0 Å². The topological polar surface area (TPSA) is 47.0 Å². The van der Waals surface area contributed by atoms with E-state index in [0.717, 1.165) is 25.9 Å². The highest BCUT2D eigenvalue weighted by Crippen LogP contribution is 2.12. The van der Waals surface area contributed by atoms with Gasteiger partial charge in [0.1, 0.15) is 11.3 Å². The minimum Gasteiger partial charge on any atom is -0.459 e. The summed E-state index contributed by atoms with van der Waals surface area (Å²) in [6.45, 7) is 1.92. The highest BCUT2D eigenvalue weighted by Gasteiger charge is 2.15. The van der Waals surface area contributed by atoms with Gasteiger partial charge in [0.05, 0.1) is 0 Å². The number of nitrogens with one attached hydrogen (secondary N) is 1. The highest BCUT2D eigenvalue weighted by molar-refractivity contribution is 6.29. The van der Waals surface area contributed by atoms with Crippen molar-refractivity contribution in [1.29, 1.82) is 0 Å². The molecule has 84 valence electrons. The lowest BCUT2D eigenvalue weighted by Gasteiger charge is -2.22. The molecule has 1 aromatic rings. The molecule has 4 nitrogen and oxygen atoms in total. The molecular formula is C9H13Cl2N3O. The van der Waals surface area contributed by atoms with E-state index in [2.05, 4.69) is 15.3 Å². The van der Waals surface area contributed by atoms with E-state index in [4.69, 9.17) is 16.3 Å². The Morgan fingerprint density at radius 1 is 1.53 bits per heavy atom. The third-order valence-electron chi connectivity index (χ3n) is 2.12. The summed E-state index contributed by atoms with van der Waals surface area (Å²) in [5, 5.41) is 3.67. The molecule has 1 aliphatic heterocycles. The van der Waals surface area contributed by atoms with Crippen LogP contribution in [0, 0.1) is 0 Å². The molecule has 0 radical (unpaired) electrons. The van der Waals surface area contributed by atoms with Crippen molar-refractivity contribution in [3.63, 3.8) is 0 Å². The zero-order chi connectivity index (χ0) is 9.80. The van der Waals surface area contributed by atoms with Crippen LogP contribution in [-0.2, 0) is 0 Å². The third-order valence-corrected chi connectivity index (χ3v) is 2.33. The minimum atomic E-state index is 0. The van der Waals surface area contributed by atoms with Crippen LogP contribution >= 0.6 is 24.0 Å².